The van der Waals surface area contributed by atoms with Crippen molar-refractivity contribution in [3.8, 4) is 11.3 Å². The van der Waals surface area contributed by atoms with Crippen LogP contribution in [0.1, 0.15) is 27.6 Å². The molecule has 0 aliphatic heterocycles. The first-order valence-electron chi connectivity index (χ1n) is 7.18. The Kier molecular flexibility index (Phi) is 3.09. The van der Waals surface area contributed by atoms with E-state index in [1.807, 2.05) is 0 Å². The van der Waals surface area contributed by atoms with Gasteiger partial charge >= 0.3 is 0 Å². The fourth-order valence-electron chi connectivity index (χ4n) is 2.87. The summed E-state index contributed by atoms with van der Waals surface area (Å²) in [5, 5.41) is 3.39. The van der Waals surface area contributed by atoms with Crippen LogP contribution in [0.25, 0.3) is 11.3 Å². The number of aromatic nitrogens is 1. The minimum absolute atomic E-state index is 0.489. The van der Waals surface area contributed by atoms with Crippen molar-refractivity contribution in [2.24, 2.45) is 5.73 Å². The molecule has 1 aliphatic carbocycles. The summed E-state index contributed by atoms with van der Waals surface area (Å²) in [5.74, 6) is 0.489. The summed E-state index contributed by atoms with van der Waals surface area (Å²) < 4.78 is 0. The third-order valence-corrected chi connectivity index (χ3v) is 5.12. The van der Waals surface area contributed by atoms with Gasteiger partial charge in [-0.25, -0.2) is 4.98 Å². The van der Waals surface area contributed by atoms with Gasteiger partial charge in [0.05, 0.1) is 5.69 Å². The van der Waals surface area contributed by atoms with Gasteiger partial charge in [-0.1, -0.05) is 48.5 Å². The Labute approximate surface area is 128 Å². The molecule has 1 aliphatic rings. The molecular formula is C18H16N2S. The molecular weight excluding hydrogens is 276 g/mol. The number of benzene rings is 2. The highest BCUT2D eigenvalue weighted by Gasteiger charge is 2.29. The molecule has 1 atom stereocenters. The van der Waals surface area contributed by atoms with Gasteiger partial charge in [0.15, 0.2) is 0 Å². The Morgan fingerprint density at radius 3 is 2.67 bits per heavy atom. The number of rotatable bonds is 3. The van der Waals surface area contributed by atoms with E-state index in [-0.39, 0.29) is 0 Å². The average Bonchev–Trinajstić information content (AvgIpc) is 2.98. The lowest BCUT2D eigenvalue weighted by atomic mass is 9.78. The third-order valence-electron chi connectivity index (χ3n) is 4.16. The number of hydrogen-bond acceptors (Lipinski definition) is 3. The van der Waals surface area contributed by atoms with E-state index < -0.39 is 0 Å². The second-order valence-corrected chi connectivity index (χ2v) is 6.32. The molecule has 1 unspecified atom stereocenters. The topological polar surface area (TPSA) is 38.9 Å². The zero-order valence-corrected chi connectivity index (χ0v) is 12.4. The maximum absolute atomic E-state index is 5.64. The van der Waals surface area contributed by atoms with Crippen LogP contribution in [0.2, 0.25) is 0 Å². The molecule has 0 saturated heterocycles. The summed E-state index contributed by atoms with van der Waals surface area (Å²) in [6, 6.07) is 17.0. The van der Waals surface area contributed by atoms with Crippen LogP contribution in [-0.2, 0) is 13.0 Å². The number of hydrogen-bond donors (Lipinski definition) is 1. The Balaban J connectivity index is 1.62. The summed E-state index contributed by atoms with van der Waals surface area (Å²) in [5.41, 5.74) is 11.9. The lowest BCUT2D eigenvalue weighted by Crippen LogP contribution is -2.17. The van der Waals surface area contributed by atoms with Gasteiger partial charge < -0.3 is 5.73 Å². The molecule has 4 rings (SSSR count). The molecule has 3 aromatic rings. The van der Waals surface area contributed by atoms with Crippen LogP contribution in [0.15, 0.2) is 53.9 Å². The molecule has 0 bridgehead atoms. The van der Waals surface area contributed by atoms with E-state index in [0.29, 0.717) is 12.5 Å². The highest BCUT2D eigenvalue weighted by molar-refractivity contribution is 7.10. The van der Waals surface area contributed by atoms with Gasteiger partial charge in [-0.15, -0.1) is 11.3 Å². The van der Waals surface area contributed by atoms with Crippen molar-refractivity contribution in [2.75, 3.05) is 0 Å². The van der Waals surface area contributed by atoms with Crippen molar-refractivity contribution in [1.29, 1.82) is 0 Å². The first-order valence-corrected chi connectivity index (χ1v) is 8.06. The highest BCUT2D eigenvalue weighted by Crippen LogP contribution is 2.41. The standard InChI is InChI=1S/C18H16N2S/c19-10-12-5-7-13(8-6-12)17-11-21-18(20-17)16-9-14-3-1-2-4-15(14)16/h1-8,11,16H,9-10,19H2. The Morgan fingerprint density at radius 2 is 1.90 bits per heavy atom. The third kappa shape index (κ3) is 2.19. The predicted molar refractivity (Wildman–Crippen MR) is 87.4 cm³/mol. The van der Waals surface area contributed by atoms with E-state index in [2.05, 4.69) is 53.9 Å². The molecule has 21 heavy (non-hydrogen) atoms. The Morgan fingerprint density at radius 1 is 1.10 bits per heavy atom. The van der Waals surface area contributed by atoms with Crippen LogP contribution < -0.4 is 5.73 Å². The molecule has 0 radical (unpaired) electrons. The summed E-state index contributed by atoms with van der Waals surface area (Å²) in [6.07, 6.45) is 1.12. The average molecular weight is 292 g/mol. The monoisotopic (exact) mass is 292 g/mol. The quantitative estimate of drug-likeness (QED) is 0.793. The van der Waals surface area contributed by atoms with Gasteiger partial charge in [0, 0.05) is 23.4 Å². The molecule has 0 spiro atoms. The summed E-state index contributed by atoms with van der Waals surface area (Å²) in [4.78, 5) is 4.84. The highest BCUT2D eigenvalue weighted by atomic mass is 32.1. The number of fused-ring (bicyclic) bond motifs is 1. The number of nitrogens with two attached hydrogens (primary N) is 1. The molecule has 1 heterocycles. The second kappa shape index (κ2) is 5.10. The normalized spacial score (nSPS) is 16.3. The van der Waals surface area contributed by atoms with Crippen LogP contribution in [0, 0.1) is 0 Å². The van der Waals surface area contributed by atoms with Gasteiger partial charge in [-0.3, -0.25) is 0 Å². The molecule has 0 fully saturated rings. The smallest absolute Gasteiger partial charge is 0.101 e. The van der Waals surface area contributed by atoms with Crippen molar-refractivity contribution in [2.45, 2.75) is 18.9 Å². The molecule has 2 nitrogen and oxygen atoms in total. The first kappa shape index (κ1) is 12.7. The minimum Gasteiger partial charge on any atom is -0.326 e. The summed E-state index contributed by atoms with van der Waals surface area (Å²) in [6.45, 7) is 0.585. The SMILES string of the molecule is NCc1ccc(-c2csc(C3Cc4ccccc43)n2)cc1. The fourth-order valence-corrected chi connectivity index (χ4v) is 3.82. The van der Waals surface area contributed by atoms with Gasteiger partial charge in [0.2, 0.25) is 0 Å². The second-order valence-electron chi connectivity index (χ2n) is 5.43. The van der Waals surface area contributed by atoms with Crippen molar-refractivity contribution < 1.29 is 0 Å². The van der Waals surface area contributed by atoms with Crippen LogP contribution in [0.5, 0.6) is 0 Å². The van der Waals surface area contributed by atoms with Crippen molar-refractivity contribution in [3.63, 3.8) is 0 Å². The van der Waals surface area contributed by atoms with E-state index in [4.69, 9.17) is 10.7 Å². The summed E-state index contributed by atoms with van der Waals surface area (Å²) in [7, 11) is 0. The van der Waals surface area contributed by atoms with Crippen LogP contribution in [0.4, 0.5) is 0 Å². The Hall–Kier alpha value is -1.97. The summed E-state index contributed by atoms with van der Waals surface area (Å²) >= 11 is 1.77. The van der Waals surface area contributed by atoms with Crippen molar-refractivity contribution in [3.05, 3.63) is 75.6 Å². The molecule has 0 saturated carbocycles. The van der Waals surface area contributed by atoms with Crippen molar-refractivity contribution in [1.82, 2.24) is 4.98 Å². The van der Waals surface area contributed by atoms with Gasteiger partial charge in [0.25, 0.3) is 0 Å². The first-order chi connectivity index (χ1) is 10.3. The predicted octanol–water partition coefficient (Wildman–Crippen LogP) is 3.96. The molecule has 2 aromatic carbocycles. The van der Waals surface area contributed by atoms with Gasteiger partial charge in [-0.05, 0) is 23.1 Å². The number of nitrogens with zero attached hydrogens (tertiary/aromatic N) is 1. The largest absolute Gasteiger partial charge is 0.326 e. The van der Waals surface area contributed by atoms with E-state index in [1.165, 1.54) is 21.7 Å². The molecule has 104 valence electrons. The van der Waals surface area contributed by atoms with Crippen molar-refractivity contribution >= 4 is 11.3 Å². The molecule has 0 amide bonds. The molecule has 1 aromatic heterocycles. The van der Waals surface area contributed by atoms with Gasteiger partial charge in [0.1, 0.15) is 5.01 Å². The molecule has 3 heteroatoms. The maximum Gasteiger partial charge on any atom is 0.101 e. The van der Waals surface area contributed by atoms with E-state index in [0.717, 1.165) is 17.7 Å². The maximum atomic E-state index is 5.64. The zero-order valence-electron chi connectivity index (χ0n) is 11.6. The molecule has 2 N–H and O–H groups in total. The van der Waals surface area contributed by atoms with E-state index in [9.17, 15) is 0 Å². The van der Waals surface area contributed by atoms with E-state index >= 15 is 0 Å². The number of thiazole rings is 1. The van der Waals surface area contributed by atoms with Crippen LogP contribution in [-0.4, -0.2) is 4.98 Å². The Bertz CT molecular complexity index is 774. The van der Waals surface area contributed by atoms with Crippen LogP contribution >= 0.6 is 11.3 Å². The van der Waals surface area contributed by atoms with Gasteiger partial charge in [-0.2, -0.15) is 0 Å². The minimum atomic E-state index is 0.489. The zero-order chi connectivity index (χ0) is 14.2. The fraction of sp³-hybridized carbons (Fsp3) is 0.167. The van der Waals surface area contributed by atoms with Crippen LogP contribution in [0.3, 0.4) is 0 Å². The lowest BCUT2D eigenvalue weighted by molar-refractivity contribution is 0.703. The van der Waals surface area contributed by atoms with E-state index in [1.54, 1.807) is 11.3 Å². The lowest BCUT2D eigenvalue weighted by Gasteiger charge is -2.28.